The van der Waals surface area contributed by atoms with Crippen molar-refractivity contribution < 1.29 is 19.1 Å². The Balaban J connectivity index is 1.58. The van der Waals surface area contributed by atoms with Crippen LogP contribution in [0.4, 0.5) is 5.69 Å². The minimum Gasteiger partial charge on any atom is -0.454 e. The summed E-state index contributed by atoms with van der Waals surface area (Å²) in [6, 6.07) is 16.9. The lowest BCUT2D eigenvalue weighted by Gasteiger charge is -2.08. The Bertz CT molecular complexity index is 1100. The zero-order valence-electron chi connectivity index (χ0n) is 15.3. The molecular formula is C22H14Cl3NO4. The molecule has 1 N–H and O–H groups in total. The first kappa shape index (κ1) is 21.8. The SMILES string of the molecule is O=C(COC(=O)c1ccc(NC(=O)c2ccc(Cl)cc2Cl)cc1)c1ccc(Cl)cc1. The molecule has 0 bridgehead atoms. The molecule has 1 amide bonds. The summed E-state index contributed by atoms with van der Waals surface area (Å²) in [5.41, 5.74) is 1.36. The van der Waals surface area contributed by atoms with Crippen molar-refractivity contribution >= 4 is 58.1 Å². The predicted octanol–water partition coefficient (Wildman–Crippen LogP) is 5.94. The minimum atomic E-state index is -0.657. The number of hydrogen-bond donors (Lipinski definition) is 1. The van der Waals surface area contributed by atoms with E-state index in [1.165, 1.54) is 24.3 Å². The Morgan fingerprint density at radius 2 is 1.37 bits per heavy atom. The largest absolute Gasteiger partial charge is 0.454 e. The van der Waals surface area contributed by atoms with Gasteiger partial charge in [0.2, 0.25) is 0 Å². The molecule has 0 saturated heterocycles. The van der Waals surface area contributed by atoms with E-state index in [4.69, 9.17) is 39.5 Å². The highest BCUT2D eigenvalue weighted by Crippen LogP contribution is 2.22. The summed E-state index contributed by atoms with van der Waals surface area (Å²) in [7, 11) is 0. The highest BCUT2D eigenvalue weighted by atomic mass is 35.5. The number of carbonyl (C=O) groups is 3. The Hall–Kier alpha value is -2.86. The first-order valence-corrected chi connectivity index (χ1v) is 9.79. The Labute approximate surface area is 187 Å². The molecule has 0 radical (unpaired) electrons. The third kappa shape index (κ3) is 5.60. The number of rotatable bonds is 6. The third-order valence-corrected chi connectivity index (χ3v) is 4.85. The van der Waals surface area contributed by atoms with E-state index in [0.717, 1.165) is 0 Å². The molecule has 3 aromatic rings. The molecule has 30 heavy (non-hydrogen) atoms. The fourth-order valence-corrected chi connectivity index (χ4v) is 3.12. The van der Waals surface area contributed by atoms with Crippen LogP contribution in [-0.4, -0.2) is 24.3 Å². The average Bonchev–Trinajstić information content (AvgIpc) is 2.72. The second kappa shape index (κ2) is 9.76. The van der Waals surface area contributed by atoms with Gasteiger partial charge >= 0.3 is 5.97 Å². The van der Waals surface area contributed by atoms with Crippen molar-refractivity contribution in [3.05, 3.63) is 98.5 Å². The molecular weight excluding hydrogens is 449 g/mol. The van der Waals surface area contributed by atoms with Crippen LogP contribution in [0.2, 0.25) is 15.1 Å². The highest BCUT2D eigenvalue weighted by Gasteiger charge is 2.14. The molecule has 0 aliphatic rings. The Kier molecular flexibility index (Phi) is 7.11. The first-order chi connectivity index (χ1) is 14.3. The maximum atomic E-state index is 12.3. The molecule has 3 rings (SSSR count). The summed E-state index contributed by atoms with van der Waals surface area (Å²) in [4.78, 5) is 36.5. The van der Waals surface area contributed by atoms with E-state index in [1.54, 1.807) is 42.5 Å². The van der Waals surface area contributed by atoms with E-state index in [9.17, 15) is 14.4 Å². The summed E-state index contributed by atoms with van der Waals surface area (Å²) < 4.78 is 5.05. The van der Waals surface area contributed by atoms with E-state index < -0.39 is 18.5 Å². The van der Waals surface area contributed by atoms with Gasteiger partial charge in [-0.15, -0.1) is 0 Å². The van der Waals surface area contributed by atoms with Gasteiger partial charge in [0.25, 0.3) is 5.91 Å². The zero-order chi connectivity index (χ0) is 21.7. The van der Waals surface area contributed by atoms with Crippen LogP contribution in [0.5, 0.6) is 0 Å². The van der Waals surface area contributed by atoms with Crippen LogP contribution in [0, 0.1) is 0 Å². The molecule has 8 heteroatoms. The van der Waals surface area contributed by atoms with Gasteiger partial charge < -0.3 is 10.1 Å². The Morgan fingerprint density at radius 3 is 2.00 bits per heavy atom. The van der Waals surface area contributed by atoms with Gasteiger partial charge in [-0.05, 0) is 66.7 Å². The molecule has 3 aromatic carbocycles. The summed E-state index contributed by atoms with van der Waals surface area (Å²) in [5, 5.41) is 3.84. The van der Waals surface area contributed by atoms with E-state index in [1.807, 2.05) is 0 Å². The molecule has 0 spiro atoms. The number of nitrogens with one attached hydrogen (secondary N) is 1. The Morgan fingerprint density at radius 1 is 0.767 bits per heavy atom. The topological polar surface area (TPSA) is 72.5 Å². The first-order valence-electron chi connectivity index (χ1n) is 8.66. The predicted molar refractivity (Wildman–Crippen MR) is 117 cm³/mol. The van der Waals surface area contributed by atoms with Crippen LogP contribution in [0.3, 0.4) is 0 Å². The van der Waals surface area contributed by atoms with Crippen LogP contribution < -0.4 is 5.32 Å². The fourth-order valence-electron chi connectivity index (χ4n) is 2.50. The normalized spacial score (nSPS) is 10.4. The van der Waals surface area contributed by atoms with Crippen molar-refractivity contribution in [3.8, 4) is 0 Å². The lowest BCUT2D eigenvalue weighted by molar-refractivity contribution is 0.0475. The molecule has 0 aromatic heterocycles. The van der Waals surface area contributed by atoms with E-state index in [0.29, 0.717) is 21.3 Å². The molecule has 0 unspecified atom stereocenters. The maximum absolute atomic E-state index is 12.3. The van der Waals surface area contributed by atoms with Crippen molar-refractivity contribution in [2.45, 2.75) is 0 Å². The van der Waals surface area contributed by atoms with Gasteiger partial charge in [0.05, 0.1) is 16.1 Å². The van der Waals surface area contributed by atoms with Gasteiger partial charge in [-0.1, -0.05) is 34.8 Å². The lowest BCUT2D eigenvalue weighted by atomic mass is 10.1. The molecule has 0 aliphatic heterocycles. The van der Waals surface area contributed by atoms with Gasteiger partial charge in [0, 0.05) is 21.3 Å². The number of amides is 1. The van der Waals surface area contributed by atoms with Gasteiger partial charge in [0.15, 0.2) is 12.4 Å². The summed E-state index contributed by atoms with van der Waals surface area (Å²) in [6.07, 6.45) is 0. The second-order valence-corrected chi connectivity index (χ2v) is 7.44. The highest BCUT2D eigenvalue weighted by molar-refractivity contribution is 6.37. The van der Waals surface area contributed by atoms with Crippen LogP contribution in [0.25, 0.3) is 0 Å². The molecule has 152 valence electrons. The van der Waals surface area contributed by atoms with Crippen LogP contribution in [-0.2, 0) is 4.74 Å². The molecule has 0 heterocycles. The molecule has 0 saturated carbocycles. The van der Waals surface area contributed by atoms with Gasteiger partial charge in [-0.2, -0.15) is 0 Å². The molecule has 0 atom stereocenters. The third-order valence-electron chi connectivity index (χ3n) is 4.05. The number of carbonyl (C=O) groups excluding carboxylic acids is 3. The molecule has 0 aliphatic carbocycles. The number of hydrogen-bond acceptors (Lipinski definition) is 4. The summed E-state index contributed by atoms with van der Waals surface area (Å²) in [5.74, 6) is -1.42. The quantitative estimate of drug-likeness (QED) is 0.363. The number of benzene rings is 3. The zero-order valence-corrected chi connectivity index (χ0v) is 17.6. The number of anilines is 1. The van der Waals surface area contributed by atoms with Crippen LogP contribution in [0.15, 0.2) is 66.7 Å². The van der Waals surface area contributed by atoms with Crippen molar-refractivity contribution in [2.24, 2.45) is 0 Å². The number of ether oxygens (including phenoxy) is 1. The average molecular weight is 463 g/mol. The van der Waals surface area contributed by atoms with Gasteiger partial charge in [0.1, 0.15) is 0 Å². The van der Waals surface area contributed by atoms with Crippen molar-refractivity contribution in [1.29, 1.82) is 0 Å². The maximum Gasteiger partial charge on any atom is 0.338 e. The van der Waals surface area contributed by atoms with Crippen LogP contribution in [0.1, 0.15) is 31.1 Å². The standard InChI is InChI=1S/C22H14Cl3NO4/c23-15-5-1-13(2-6-15)20(27)12-30-22(29)14-3-8-17(9-4-14)26-21(28)18-10-7-16(24)11-19(18)25/h1-11H,12H2,(H,26,28). The fraction of sp³-hybridized carbons (Fsp3) is 0.0455. The number of Topliss-reactive ketones (excluding diaryl/α,β-unsaturated/α-hetero) is 1. The minimum absolute atomic E-state index is 0.227. The van der Waals surface area contributed by atoms with E-state index >= 15 is 0 Å². The number of ketones is 1. The lowest BCUT2D eigenvalue weighted by Crippen LogP contribution is -2.15. The van der Waals surface area contributed by atoms with E-state index in [2.05, 4.69) is 5.32 Å². The summed E-state index contributed by atoms with van der Waals surface area (Å²) >= 11 is 17.6. The van der Waals surface area contributed by atoms with Gasteiger partial charge in [-0.25, -0.2) is 4.79 Å². The number of halogens is 3. The van der Waals surface area contributed by atoms with Gasteiger partial charge in [-0.3, -0.25) is 9.59 Å². The smallest absolute Gasteiger partial charge is 0.338 e. The molecule has 0 fully saturated rings. The molecule has 5 nitrogen and oxygen atoms in total. The monoisotopic (exact) mass is 461 g/mol. The van der Waals surface area contributed by atoms with Crippen LogP contribution >= 0.6 is 34.8 Å². The second-order valence-electron chi connectivity index (χ2n) is 6.16. The van der Waals surface area contributed by atoms with E-state index in [-0.39, 0.29) is 21.9 Å². The summed E-state index contributed by atoms with van der Waals surface area (Å²) in [6.45, 7) is -0.395. The van der Waals surface area contributed by atoms with Crippen molar-refractivity contribution in [3.63, 3.8) is 0 Å². The van der Waals surface area contributed by atoms with Crippen molar-refractivity contribution in [1.82, 2.24) is 0 Å². The van der Waals surface area contributed by atoms with Crippen molar-refractivity contribution in [2.75, 3.05) is 11.9 Å². The number of esters is 1.